The fourth-order valence-electron chi connectivity index (χ4n) is 3.27. The molecule has 0 aliphatic carbocycles. The summed E-state index contributed by atoms with van der Waals surface area (Å²) in [5, 5.41) is 17.8. The van der Waals surface area contributed by atoms with Gasteiger partial charge in [-0.1, -0.05) is 24.3 Å². The molecule has 0 saturated carbocycles. The number of benzene rings is 1. The molecule has 1 atom stereocenters. The Bertz CT molecular complexity index is 820. The first-order valence-corrected chi connectivity index (χ1v) is 7.69. The van der Waals surface area contributed by atoms with Crippen LogP contribution in [0.1, 0.15) is 33.7 Å². The van der Waals surface area contributed by atoms with Crippen LogP contribution >= 0.6 is 0 Å². The maximum absolute atomic E-state index is 12.8. The second kappa shape index (κ2) is 5.72. The van der Waals surface area contributed by atoms with Gasteiger partial charge in [-0.05, 0) is 19.9 Å². The lowest BCUT2D eigenvalue weighted by atomic mass is 9.87. The molecule has 124 valence electrons. The standard InChI is InChI=1S/C18H19N3O3/c1-4-9-21-14-8-6-5-7-13(14)18(24,17(21)23)10-15(22)16-11(2)19-20-12(16)3/h4-8,24H,1,9-10H2,2-3H3,(H,19,20)/t18-/m0/s1. The van der Waals surface area contributed by atoms with Gasteiger partial charge in [0.2, 0.25) is 0 Å². The van der Waals surface area contributed by atoms with Crippen LogP contribution in [0.3, 0.4) is 0 Å². The molecule has 0 radical (unpaired) electrons. The van der Waals surface area contributed by atoms with E-state index in [1.807, 2.05) is 0 Å². The Hall–Kier alpha value is -2.73. The molecule has 6 nitrogen and oxygen atoms in total. The second-order valence-corrected chi connectivity index (χ2v) is 5.99. The molecular weight excluding hydrogens is 306 g/mol. The number of aliphatic hydroxyl groups is 1. The molecule has 24 heavy (non-hydrogen) atoms. The monoisotopic (exact) mass is 325 g/mol. The third-order valence-corrected chi connectivity index (χ3v) is 4.37. The number of fused-ring (bicyclic) bond motifs is 1. The molecule has 0 spiro atoms. The normalized spacial score (nSPS) is 19.5. The van der Waals surface area contributed by atoms with Crippen LogP contribution in [-0.4, -0.2) is 33.5 Å². The lowest BCUT2D eigenvalue weighted by molar-refractivity contribution is -0.135. The average Bonchev–Trinajstić information content (AvgIpc) is 2.99. The van der Waals surface area contributed by atoms with Gasteiger partial charge in [-0.25, -0.2) is 0 Å². The van der Waals surface area contributed by atoms with E-state index >= 15 is 0 Å². The third-order valence-electron chi connectivity index (χ3n) is 4.37. The van der Waals surface area contributed by atoms with Gasteiger partial charge in [0.1, 0.15) is 0 Å². The van der Waals surface area contributed by atoms with Gasteiger partial charge in [0.05, 0.1) is 23.4 Å². The highest BCUT2D eigenvalue weighted by atomic mass is 16.3. The second-order valence-electron chi connectivity index (χ2n) is 5.99. The number of anilines is 1. The van der Waals surface area contributed by atoms with E-state index in [0.717, 1.165) is 0 Å². The highest BCUT2D eigenvalue weighted by Crippen LogP contribution is 2.42. The number of para-hydroxylation sites is 1. The summed E-state index contributed by atoms with van der Waals surface area (Å²) in [7, 11) is 0. The van der Waals surface area contributed by atoms with Crippen LogP contribution in [0, 0.1) is 13.8 Å². The molecule has 0 saturated heterocycles. The number of aromatic amines is 1. The molecule has 1 aromatic heterocycles. The molecule has 0 unspecified atom stereocenters. The maximum Gasteiger partial charge on any atom is 0.264 e. The molecule has 2 N–H and O–H groups in total. The lowest BCUT2D eigenvalue weighted by Gasteiger charge is -2.22. The fraction of sp³-hybridized carbons (Fsp3) is 0.278. The smallest absolute Gasteiger partial charge is 0.264 e. The number of hydrogen-bond donors (Lipinski definition) is 2. The first kappa shape index (κ1) is 16.1. The Morgan fingerprint density at radius 1 is 1.42 bits per heavy atom. The molecule has 6 heteroatoms. The first-order valence-electron chi connectivity index (χ1n) is 7.69. The molecular formula is C18H19N3O3. The minimum absolute atomic E-state index is 0.274. The van der Waals surface area contributed by atoms with E-state index in [0.29, 0.717) is 28.2 Å². The van der Waals surface area contributed by atoms with Gasteiger partial charge >= 0.3 is 0 Å². The highest BCUT2D eigenvalue weighted by molar-refractivity contribution is 6.11. The zero-order chi connectivity index (χ0) is 17.5. The number of rotatable bonds is 5. The molecule has 1 aliphatic heterocycles. The number of nitrogens with one attached hydrogen (secondary N) is 1. The average molecular weight is 325 g/mol. The van der Waals surface area contributed by atoms with Crippen LogP contribution in [-0.2, 0) is 10.4 Å². The highest BCUT2D eigenvalue weighted by Gasteiger charge is 2.50. The largest absolute Gasteiger partial charge is 0.375 e. The number of aromatic nitrogens is 2. The van der Waals surface area contributed by atoms with Crippen LogP contribution in [0.4, 0.5) is 5.69 Å². The van der Waals surface area contributed by atoms with Crippen LogP contribution in [0.15, 0.2) is 36.9 Å². The SMILES string of the molecule is C=CCN1C(=O)[C@](O)(CC(=O)c2c(C)n[nH]c2C)c2ccccc21. The summed E-state index contributed by atoms with van der Waals surface area (Å²) in [5.74, 6) is -0.819. The predicted molar refractivity (Wildman–Crippen MR) is 89.9 cm³/mol. The Labute approximate surface area is 139 Å². The molecule has 1 aliphatic rings. The Kier molecular flexibility index (Phi) is 3.85. The van der Waals surface area contributed by atoms with Crippen molar-refractivity contribution in [3.63, 3.8) is 0 Å². The summed E-state index contributed by atoms with van der Waals surface area (Å²) >= 11 is 0. The van der Waals surface area contributed by atoms with Gasteiger partial charge in [-0.3, -0.25) is 14.7 Å². The van der Waals surface area contributed by atoms with Gasteiger partial charge < -0.3 is 10.0 Å². The van der Waals surface area contributed by atoms with Crippen molar-refractivity contribution in [2.75, 3.05) is 11.4 Å². The first-order chi connectivity index (χ1) is 11.4. The maximum atomic E-state index is 12.8. The van der Waals surface area contributed by atoms with Crippen molar-refractivity contribution in [1.29, 1.82) is 0 Å². The van der Waals surface area contributed by atoms with E-state index in [9.17, 15) is 14.7 Å². The Morgan fingerprint density at radius 2 is 2.12 bits per heavy atom. The zero-order valence-electron chi connectivity index (χ0n) is 13.7. The summed E-state index contributed by atoms with van der Waals surface area (Å²) in [4.78, 5) is 27.0. The summed E-state index contributed by atoms with van der Waals surface area (Å²) < 4.78 is 0. The van der Waals surface area contributed by atoms with E-state index in [4.69, 9.17) is 0 Å². The zero-order valence-corrected chi connectivity index (χ0v) is 13.7. The number of aryl methyl sites for hydroxylation is 2. The van der Waals surface area contributed by atoms with Crippen molar-refractivity contribution in [2.45, 2.75) is 25.9 Å². The summed E-state index contributed by atoms with van der Waals surface area (Å²) in [6, 6.07) is 6.97. The number of ketones is 1. The lowest BCUT2D eigenvalue weighted by Crippen LogP contribution is -2.42. The van der Waals surface area contributed by atoms with E-state index < -0.39 is 11.5 Å². The number of nitrogens with zero attached hydrogens (tertiary/aromatic N) is 2. The van der Waals surface area contributed by atoms with Gasteiger partial charge in [0.15, 0.2) is 11.4 Å². The third kappa shape index (κ3) is 2.27. The van der Waals surface area contributed by atoms with E-state index in [1.54, 1.807) is 44.2 Å². The van der Waals surface area contributed by atoms with E-state index in [2.05, 4.69) is 16.8 Å². The minimum Gasteiger partial charge on any atom is -0.375 e. The van der Waals surface area contributed by atoms with Crippen molar-refractivity contribution < 1.29 is 14.7 Å². The number of Topliss-reactive ketones (excluding diaryl/α,β-unsaturated/α-hetero) is 1. The van der Waals surface area contributed by atoms with E-state index in [1.165, 1.54) is 4.90 Å². The number of H-pyrrole nitrogens is 1. The number of hydrogen-bond acceptors (Lipinski definition) is 4. The van der Waals surface area contributed by atoms with Gasteiger partial charge in [0, 0.05) is 17.8 Å². The predicted octanol–water partition coefficient (Wildman–Crippen LogP) is 2.02. The van der Waals surface area contributed by atoms with Crippen molar-refractivity contribution >= 4 is 17.4 Å². The number of carbonyl (C=O) groups excluding carboxylic acids is 2. The summed E-state index contributed by atoms with van der Waals surface area (Å²) in [6.45, 7) is 7.38. The van der Waals surface area contributed by atoms with Crippen molar-refractivity contribution in [3.8, 4) is 0 Å². The van der Waals surface area contributed by atoms with Gasteiger partial charge in [-0.2, -0.15) is 5.10 Å². The van der Waals surface area contributed by atoms with E-state index in [-0.39, 0.29) is 18.7 Å². The van der Waals surface area contributed by atoms with Crippen LogP contribution in [0.25, 0.3) is 0 Å². The van der Waals surface area contributed by atoms with Crippen LogP contribution < -0.4 is 4.90 Å². The Morgan fingerprint density at radius 3 is 2.75 bits per heavy atom. The molecule has 1 aromatic carbocycles. The van der Waals surface area contributed by atoms with Gasteiger partial charge in [0.25, 0.3) is 5.91 Å². The number of carbonyl (C=O) groups is 2. The summed E-state index contributed by atoms with van der Waals surface area (Å²) in [6.07, 6.45) is 1.27. The molecule has 2 aromatic rings. The van der Waals surface area contributed by atoms with Gasteiger partial charge in [-0.15, -0.1) is 6.58 Å². The molecule has 0 fully saturated rings. The fourth-order valence-corrected chi connectivity index (χ4v) is 3.27. The van der Waals surface area contributed by atoms with Crippen LogP contribution in [0.2, 0.25) is 0 Å². The van der Waals surface area contributed by atoms with Crippen LogP contribution in [0.5, 0.6) is 0 Å². The molecule has 1 amide bonds. The van der Waals surface area contributed by atoms with Crippen molar-refractivity contribution in [1.82, 2.24) is 10.2 Å². The topological polar surface area (TPSA) is 86.3 Å². The Balaban J connectivity index is 2.02. The molecule has 2 heterocycles. The molecule has 3 rings (SSSR count). The minimum atomic E-state index is -1.87. The number of amides is 1. The quantitative estimate of drug-likeness (QED) is 0.650. The summed E-state index contributed by atoms with van der Waals surface area (Å²) in [5.41, 5.74) is 0.802. The molecule has 0 bridgehead atoms. The van der Waals surface area contributed by atoms with Crippen molar-refractivity contribution in [2.24, 2.45) is 0 Å². The van der Waals surface area contributed by atoms with Crippen molar-refractivity contribution in [3.05, 3.63) is 59.4 Å².